The molecule has 4 aromatic rings. The molecule has 0 unspecified atom stereocenters. The minimum absolute atomic E-state index is 0.0342. The number of hydrogen-bond acceptors (Lipinski definition) is 3. The number of phenols is 1. The van der Waals surface area contributed by atoms with Gasteiger partial charge < -0.3 is 14.8 Å². The summed E-state index contributed by atoms with van der Waals surface area (Å²) in [6, 6.07) is 18.3. The van der Waals surface area contributed by atoms with Crippen molar-refractivity contribution >= 4 is 22.8 Å². The molecule has 0 saturated carbocycles. The Kier molecular flexibility index (Phi) is 3.55. The van der Waals surface area contributed by atoms with E-state index in [1.165, 1.54) is 24.3 Å². The normalized spacial score (nSPS) is 14.5. The highest BCUT2D eigenvalue weighted by molar-refractivity contribution is 6.15. The number of aromatic hydroxyl groups is 1. The molecule has 4 nitrogen and oxygen atoms in total. The fraction of sp³-hybridized carbons (Fsp3) is 0. The zero-order chi connectivity index (χ0) is 19.3. The number of aromatic amines is 1. The number of hydrogen-bond donors (Lipinski definition) is 2. The minimum atomic E-state index is -0.315. The summed E-state index contributed by atoms with van der Waals surface area (Å²) in [6.45, 7) is 0. The number of allylic oxidation sites excluding steroid dienone is 1. The van der Waals surface area contributed by atoms with Crippen LogP contribution in [0.15, 0.2) is 72.5 Å². The summed E-state index contributed by atoms with van der Waals surface area (Å²) < 4.78 is 19.1. The van der Waals surface area contributed by atoms with Gasteiger partial charge in [-0.25, -0.2) is 4.39 Å². The number of fused-ring (bicyclic) bond motifs is 2. The average molecular weight is 371 g/mol. The van der Waals surface area contributed by atoms with Gasteiger partial charge in [0.2, 0.25) is 5.78 Å². The van der Waals surface area contributed by atoms with Crippen LogP contribution in [0, 0.1) is 5.82 Å². The van der Waals surface area contributed by atoms with E-state index >= 15 is 0 Å². The summed E-state index contributed by atoms with van der Waals surface area (Å²) in [5.41, 5.74) is 3.65. The quantitative estimate of drug-likeness (QED) is 0.470. The smallest absolute Gasteiger partial charge is 0.231 e. The van der Waals surface area contributed by atoms with Gasteiger partial charge in [-0.15, -0.1) is 0 Å². The number of aromatic nitrogens is 1. The molecule has 2 heterocycles. The van der Waals surface area contributed by atoms with E-state index in [1.54, 1.807) is 24.3 Å². The standard InChI is InChI=1S/C23H14FNO3/c24-14-7-5-13(6-8-14)22-18(16-3-1-2-4-19(16)25-22)12-21-23(27)17-10-9-15(26)11-20(17)28-21/h1-12,25-26H. The van der Waals surface area contributed by atoms with E-state index < -0.39 is 0 Å². The molecule has 5 heteroatoms. The van der Waals surface area contributed by atoms with Crippen LogP contribution < -0.4 is 4.74 Å². The van der Waals surface area contributed by atoms with Crippen LogP contribution in [0.25, 0.3) is 28.2 Å². The molecule has 0 spiro atoms. The predicted octanol–water partition coefficient (Wildman–Crippen LogP) is 5.30. The zero-order valence-corrected chi connectivity index (χ0v) is 14.6. The van der Waals surface area contributed by atoms with Gasteiger partial charge in [-0.2, -0.15) is 0 Å². The van der Waals surface area contributed by atoms with Gasteiger partial charge in [0.05, 0.1) is 11.3 Å². The fourth-order valence-electron chi connectivity index (χ4n) is 3.46. The van der Waals surface area contributed by atoms with Crippen LogP contribution >= 0.6 is 0 Å². The first-order valence-electron chi connectivity index (χ1n) is 8.74. The van der Waals surface area contributed by atoms with Gasteiger partial charge in [0.15, 0.2) is 5.76 Å². The minimum Gasteiger partial charge on any atom is -0.508 e. The average Bonchev–Trinajstić information content (AvgIpc) is 3.21. The van der Waals surface area contributed by atoms with Crippen LogP contribution in [-0.2, 0) is 0 Å². The van der Waals surface area contributed by atoms with Gasteiger partial charge in [0, 0.05) is 22.5 Å². The second kappa shape index (κ2) is 6.09. The highest BCUT2D eigenvalue weighted by atomic mass is 19.1. The van der Waals surface area contributed by atoms with E-state index in [0.29, 0.717) is 11.3 Å². The van der Waals surface area contributed by atoms with E-state index in [9.17, 15) is 14.3 Å². The maximum atomic E-state index is 13.4. The Morgan fingerprint density at radius 1 is 1.00 bits per heavy atom. The molecular formula is C23H14FNO3. The lowest BCUT2D eigenvalue weighted by molar-refractivity contribution is 0.101. The number of H-pyrrole nitrogens is 1. The molecule has 0 bridgehead atoms. The highest BCUT2D eigenvalue weighted by Gasteiger charge is 2.28. The Hall–Kier alpha value is -3.86. The highest BCUT2D eigenvalue weighted by Crippen LogP contribution is 2.37. The molecule has 0 amide bonds. The Balaban J connectivity index is 1.69. The number of para-hydroxylation sites is 1. The SMILES string of the molecule is O=C1C(=Cc2c(-c3ccc(F)cc3)[nH]c3ccccc23)Oc2cc(O)ccc21. The number of nitrogens with one attached hydrogen (secondary N) is 1. The Bertz CT molecular complexity index is 1270. The topological polar surface area (TPSA) is 62.3 Å². The molecular weight excluding hydrogens is 357 g/mol. The number of ether oxygens (including phenoxy) is 1. The van der Waals surface area contributed by atoms with Crippen molar-refractivity contribution in [3.05, 3.63) is 89.4 Å². The van der Waals surface area contributed by atoms with Crippen molar-refractivity contribution in [3.8, 4) is 22.8 Å². The van der Waals surface area contributed by atoms with Crippen molar-refractivity contribution in [2.45, 2.75) is 0 Å². The number of Topliss-reactive ketones (excluding diaryl/α,β-unsaturated/α-hetero) is 1. The maximum Gasteiger partial charge on any atom is 0.231 e. The Morgan fingerprint density at radius 2 is 1.79 bits per heavy atom. The molecule has 0 saturated heterocycles. The third-order valence-electron chi connectivity index (χ3n) is 4.81. The second-order valence-corrected chi connectivity index (χ2v) is 6.59. The number of rotatable bonds is 2. The van der Waals surface area contributed by atoms with Crippen molar-refractivity contribution in [3.63, 3.8) is 0 Å². The van der Waals surface area contributed by atoms with Crippen LogP contribution in [0.2, 0.25) is 0 Å². The molecule has 136 valence electrons. The third-order valence-corrected chi connectivity index (χ3v) is 4.81. The summed E-state index contributed by atoms with van der Waals surface area (Å²) in [6.07, 6.45) is 1.69. The number of phenolic OH excluding ortho intramolecular Hbond substituents is 1. The van der Waals surface area contributed by atoms with Crippen LogP contribution in [0.5, 0.6) is 11.5 Å². The van der Waals surface area contributed by atoms with Gasteiger partial charge in [-0.1, -0.05) is 18.2 Å². The number of ketones is 1. The number of benzene rings is 3. The molecule has 0 aliphatic carbocycles. The molecule has 0 atom stereocenters. The lowest BCUT2D eigenvalue weighted by atomic mass is 10.0. The van der Waals surface area contributed by atoms with Gasteiger partial charge >= 0.3 is 0 Å². The number of carbonyl (C=O) groups is 1. The molecule has 1 aliphatic heterocycles. The summed E-state index contributed by atoms with van der Waals surface area (Å²) in [5, 5.41) is 10.6. The van der Waals surface area contributed by atoms with Gasteiger partial charge in [0.1, 0.15) is 17.3 Å². The molecule has 1 aromatic heterocycles. The largest absolute Gasteiger partial charge is 0.508 e. The van der Waals surface area contributed by atoms with E-state index in [4.69, 9.17) is 4.74 Å². The first-order valence-corrected chi connectivity index (χ1v) is 8.74. The van der Waals surface area contributed by atoms with E-state index in [1.807, 2.05) is 24.3 Å². The van der Waals surface area contributed by atoms with Crippen molar-refractivity contribution in [2.24, 2.45) is 0 Å². The molecule has 3 aromatic carbocycles. The van der Waals surface area contributed by atoms with Crippen molar-refractivity contribution in [1.29, 1.82) is 0 Å². The molecule has 1 aliphatic rings. The van der Waals surface area contributed by atoms with Gasteiger partial charge in [-0.3, -0.25) is 4.79 Å². The molecule has 2 N–H and O–H groups in total. The monoisotopic (exact) mass is 371 g/mol. The first kappa shape index (κ1) is 16.3. The van der Waals surface area contributed by atoms with Gasteiger partial charge in [-0.05, 0) is 54.1 Å². The molecule has 28 heavy (non-hydrogen) atoms. The zero-order valence-electron chi connectivity index (χ0n) is 14.6. The molecule has 0 fully saturated rings. The maximum absolute atomic E-state index is 13.4. The fourth-order valence-corrected chi connectivity index (χ4v) is 3.46. The van der Waals surface area contributed by atoms with Crippen LogP contribution in [-0.4, -0.2) is 15.9 Å². The first-order chi connectivity index (χ1) is 13.6. The summed E-state index contributed by atoms with van der Waals surface area (Å²) in [5.74, 6) is -0.0188. The van der Waals surface area contributed by atoms with E-state index in [0.717, 1.165) is 27.7 Å². The molecule has 0 radical (unpaired) electrons. The molecule has 5 rings (SSSR count). The van der Waals surface area contributed by atoms with Crippen LogP contribution in [0.4, 0.5) is 4.39 Å². The summed E-state index contributed by atoms with van der Waals surface area (Å²) in [4.78, 5) is 16.1. The number of halogens is 1. The summed E-state index contributed by atoms with van der Waals surface area (Å²) >= 11 is 0. The second-order valence-electron chi connectivity index (χ2n) is 6.59. The van der Waals surface area contributed by atoms with Gasteiger partial charge in [0.25, 0.3) is 0 Å². The summed E-state index contributed by atoms with van der Waals surface area (Å²) in [7, 11) is 0. The Morgan fingerprint density at radius 3 is 2.61 bits per heavy atom. The van der Waals surface area contributed by atoms with Crippen molar-refractivity contribution < 1.29 is 19.0 Å². The van der Waals surface area contributed by atoms with E-state index in [2.05, 4.69) is 4.98 Å². The van der Waals surface area contributed by atoms with Crippen LogP contribution in [0.3, 0.4) is 0 Å². The lowest BCUT2D eigenvalue weighted by Crippen LogP contribution is -1.98. The van der Waals surface area contributed by atoms with Crippen molar-refractivity contribution in [2.75, 3.05) is 0 Å². The van der Waals surface area contributed by atoms with E-state index in [-0.39, 0.29) is 23.1 Å². The van der Waals surface area contributed by atoms with Crippen LogP contribution in [0.1, 0.15) is 15.9 Å². The third kappa shape index (κ3) is 2.56. The Labute approximate surface area is 159 Å². The van der Waals surface area contributed by atoms with Crippen molar-refractivity contribution in [1.82, 2.24) is 4.98 Å². The lowest BCUT2D eigenvalue weighted by Gasteiger charge is -2.03. The predicted molar refractivity (Wildman–Crippen MR) is 105 cm³/mol. The number of carbonyl (C=O) groups excluding carboxylic acids is 1.